The second kappa shape index (κ2) is 8.59. The minimum absolute atomic E-state index is 0.169. The summed E-state index contributed by atoms with van der Waals surface area (Å²) in [6.45, 7) is 2.42. The first-order valence-electron chi connectivity index (χ1n) is 8.00. The van der Waals surface area contributed by atoms with Crippen molar-refractivity contribution < 1.29 is 31.8 Å². The topological polar surface area (TPSA) is 70.4 Å². The van der Waals surface area contributed by atoms with E-state index in [2.05, 4.69) is 5.10 Å². The molecule has 0 saturated heterocycles. The van der Waals surface area contributed by atoms with Gasteiger partial charge in [0, 0.05) is 11.6 Å². The molecule has 2 rings (SSSR count). The Balaban J connectivity index is 2.40. The largest absolute Gasteiger partial charge is 0.480 e. The highest BCUT2D eigenvalue weighted by Gasteiger charge is 2.34. The van der Waals surface area contributed by atoms with Crippen LogP contribution in [0.15, 0.2) is 23.1 Å². The van der Waals surface area contributed by atoms with E-state index in [9.17, 15) is 27.2 Å². The third kappa shape index (κ3) is 4.80. The van der Waals surface area contributed by atoms with Gasteiger partial charge >= 0.3 is 12.1 Å². The van der Waals surface area contributed by atoms with Crippen LogP contribution in [0.4, 0.5) is 17.6 Å². The van der Waals surface area contributed by atoms with Crippen LogP contribution in [0.25, 0.3) is 5.69 Å². The van der Waals surface area contributed by atoms with Crippen LogP contribution in [0.3, 0.4) is 0 Å². The molecule has 6 nitrogen and oxygen atoms in total. The number of esters is 1. The molecular weight excluding hydrogens is 408 g/mol. The molecule has 0 aliphatic rings. The number of ether oxygens (including phenoxy) is 2. The summed E-state index contributed by atoms with van der Waals surface area (Å²) in [5.74, 6) is -1.87. The summed E-state index contributed by atoms with van der Waals surface area (Å²) in [7, 11) is 0. The smallest absolute Gasteiger partial charge is 0.418 e. The van der Waals surface area contributed by atoms with Gasteiger partial charge in [0.05, 0.1) is 23.4 Å². The molecule has 152 valence electrons. The first kappa shape index (κ1) is 21.7. The molecule has 0 unspecified atom stereocenters. The maximum atomic E-state index is 14.3. The highest BCUT2D eigenvalue weighted by Crippen LogP contribution is 2.31. The van der Waals surface area contributed by atoms with Crippen LogP contribution >= 0.6 is 11.6 Å². The number of carbonyl (C=O) groups is 1. The van der Waals surface area contributed by atoms with Crippen molar-refractivity contribution in [1.82, 2.24) is 9.78 Å². The molecule has 0 amide bonds. The first-order valence-corrected chi connectivity index (χ1v) is 8.38. The number of hydrogen-bond donors (Lipinski definition) is 0. The summed E-state index contributed by atoms with van der Waals surface area (Å²) in [6, 6.07) is 1.76. The van der Waals surface area contributed by atoms with Crippen LogP contribution in [0.2, 0.25) is 5.02 Å². The zero-order valence-electron chi connectivity index (χ0n) is 14.8. The average molecular weight is 423 g/mol. The molecule has 0 spiro atoms. The Bertz CT molecular complexity index is 944. The molecule has 28 heavy (non-hydrogen) atoms. The molecule has 1 heterocycles. The molecule has 0 bridgehead atoms. The number of aromatic nitrogens is 2. The molecule has 0 fully saturated rings. The fourth-order valence-corrected chi connectivity index (χ4v) is 2.39. The van der Waals surface area contributed by atoms with Crippen molar-refractivity contribution in [2.75, 3.05) is 13.2 Å². The maximum Gasteiger partial charge on any atom is 0.418 e. The van der Waals surface area contributed by atoms with Gasteiger partial charge in [-0.1, -0.05) is 18.5 Å². The third-order valence-electron chi connectivity index (χ3n) is 3.57. The fraction of sp³-hybridized carbons (Fsp3) is 0.353. The number of carbonyl (C=O) groups excluding carboxylic acids is 1. The maximum absolute atomic E-state index is 14.3. The molecule has 0 saturated carbocycles. The van der Waals surface area contributed by atoms with Gasteiger partial charge < -0.3 is 9.47 Å². The van der Waals surface area contributed by atoms with Crippen LogP contribution < -0.4 is 10.3 Å². The second-order valence-electron chi connectivity index (χ2n) is 5.64. The van der Waals surface area contributed by atoms with Gasteiger partial charge in [0.2, 0.25) is 0 Å². The second-order valence-corrected chi connectivity index (χ2v) is 6.05. The molecule has 0 aliphatic carbocycles. The summed E-state index contributed by atoms with van der Waals surface area (Å²) in [4.78, 5) is 23.8. The molecular formula is C17H15ClF4N2O4. The lowest BCUT2D eigenvalue weighted by atomic mass is 10.2. The minimum Gasteiger partial charge on any atom is -0.480 e. The Morgan fingerprint density at radius 1 is 1.32 bits per heavy atom. The first-order chi connectivity index (χ1) is 13.1. The van der Waals surface area contributed by atoms with Gasteiger partial charge in [0.1, 0.15) is 11.4 Å². The monoisotopic (exact) mass is 422 g/mol. The molecule has 0 radical (unpaired) electrons. The van der Waals surface area contributed by atoms with Crippen molar-refractivity contribution in [2.45, 2.75) is 26.4 Å². The minimum atomic E-state index is -4.78. The highest BCUT2D eigenvalue weighted by atomic mass is 35.5. The molecule has 0 N–H and O–H groups in total. The fourth-order valence-electron chi connectivity index (χ4n) is 2.18. The van der Waals surface area contributed by atoms with Crippen molar-refractivity contribution >= 4 is 17.6 Å². The van der Waals surface area contributed by atoms with Crippen molar-refractivity contribution in [1.29, 1.82) is 0 Å². The Morgan fingerprint density at radius 2 is 2.00 bits per heavy atom. The lowest BCUT2D eigenvalue weighted by molar-refractivity contribution is -0.146. The van der Waals surface area contributed by atoms with Gasteiger partial charge in [-0.25, -0.2) is 9.18 Å². The van der Waals surface area contributed by atoms with E-state index in [4.69, 9.17) is 21.1 Å². The molecule has 1 aromatic heterocycles. The van der Waals surface area contributed by atoms with E-state index in [-0.39, 0.29) is 17.4 Å². The van der Waals surface area contributed by atoms with Crippen molar-refractivity contribution in [3.8, 4) is 11.4 Å². The Labute approximate surface area is 161 Å². The van der Waals surface area contributed by atoms with E-state index >= 15 is 0 Å². The third-order valence-corrected chi connectivity index (χ3v) is 3.86. The lowest BCUT2D eigenvalue weighted by Gasteiger charge is -2.14. The summed E-state index contributed by atoms with van der Waals surface area (Å²) < 4.78 is 63.4. The quantitative estimate of drug-likeness (QED) is 0.524. The Kier molecular flexibility index (Phi) is 6.65. The van der Waals surface area contributed by atoms with Crippen molar-refractivity contribution in [3.63, 3.8) is 0 Å². The van der Waals surface area contributed by atoms with Gasteiger partial charge in [-0.05, 0) is 19.4 Å². The lowest BCUT2D eigenvalue weighted by Crippen LogP contribution is -2.28. The molecule has 11 heteroatoms. The molecule has 0 aliphatic heterocycles. The zero-order chi connectivity index (χ0) is 21.1. The van der Waals surface area contributed by atoms with E-state index in [0.717, 1.165) is 19.1 Å². The summed E-state index contributed by atoms with van der Waals surface area (Å²) in [5.41, 5.74) is -3.52. The van der Waals surface area contributed by atoms with E-state index < -0.39 is 46.9 Å². The van der Waals surface area contributed by atoms with Crippen molar-refractivity contribution in [2.24, 2.45) is 0 Å². The van der Waals surface area contributed by atoms with Crippen LogP contribution in [0, 0.1) is 12.7 Å². The number of nitrogens with zero attached hydrogens (tertiary/aromatic N) is 2. The number of rotatable bonds is 6. The van der Waals surface area contributed by atoms with Crippen LogP contribution in [-0.2, 0) is 15.7 Å². The number of alkyl halides is 3. The number of halogens is 5. The zero-order valence-corrected chi connectivity index (χ0v) is 15.5. The average Bonchev–Trinajstić information content (AvgIpc) is 2.61. The number of hydrogen-bond acceptors (Lipinski definition) is 5. The van der Waals surface area contributed by atoms with Gasteiger partial charge in [-0.3, -0.25) is 4.79 Å². The predicted octanol–water partition coefficient (Wildman–Crippen LogP) is 3.68. The van der Waals surface area contributed by atoms with Gasteiger partial charge in [0.15, 0.2) is 12.4 Å². The molecule has 2 aromatic rings. The van der Waals surface area contributed by atoms with E-state index in [1.807, 2.05) is 0 Å². The summed E-state index contributed by atoms with van der Waals surface area (Å²) >= 11 is 5.86. The van der Waals surface area contributed by atoms with E-state index in [0.29, 0.717) is 17.3 Å². The predicted molar refractivity (Wildman–Crippen MR) is 91.3 cm³/mol. The Morgan fingerprint density at radius 3 is 2.61 bits per heavy atom. The van der Waals surface area contributed by atoms with Crippen LogP contribution in [0.1, 0.15) is 24.5 Å². The van der Waals surface area contributed by atoms with Gasteiger partial charge in [0.25, 0.3) is 5.56 Å². The van der Waals surface area contributed by atoms with Crippen LogP contribution in [-0.4, -0.2) is 29.0 Å². The van der Waals surface area contributed by atoms with Crippen LogP contribution in [0.5, 0.6) is 5.75 Å². The summed E-state index contributed by atoms with van der Waals surface area (Å²) in [5, 5.41) is 3.19. The SMILES string of the molecule is CCCOC(=O)COc1cc(-n2ncc(C(F)(F)F)c(C)c2=O)c(F)cc1Cl. The van der Waals surface area contributed by atoms with E-state index in [1.165, 1.54) is 0 Å². The number of benzene rings is 1. The normalized spacial score (nSPS) is 11.4. The molecule has 0 atom stereocenters. The Hall–Kier alpha value is -2.62. The standard InChI is InChI=1S/C17H15ClF4N2O4/c1-3-4-27-15(25)8-28-14-6-13(12(19)5-11(14)18)24-16(26)9(2)10(7-23-24)17(20,21)22/h5-7H,3-4,8H2,1-2H3. The van der Waals surface area contributed by atoms with Gasteiger partial charge in [-0.15, -0.1) is 0 Å². The van der Waals surface area contributed by atoms with Gasteiger partial charge in [-0.2, -0.15) is 23.0 Å². The van der Waals surface area contributed by atoms with Crippen molar-refractivity contribution in [3.05, 3.63) is 50.7 Å². The van der Waals surface area contributed by atoms with E-state index in [1.54, 1.807) is 6.92 Å². The summed E-state index contributed by atoms with van der Waals surface area (Å²) in [6.07, 6.45) is -3.75. The molecule has 1 aromatic carbocycles. The highest BCUT2D eigenvalue weighted by molar-refractivity contribution is 6.32.